The number of ether oxygens (including phenoxy) is 2. The number of hydrogen-bond donors (Lipinski definition) is 1. The lowest BCUT2D eigenvalue weighted by Gasteiger charge is -2.58. The molecule has 11 atom stereocenters. The van der Waals surface area contributed by atoms with Crippen LogP contribution in [-0.4, -0.2) is 30.4 Å². The van der Waals surface area contributed by atoms with Gasteiger partial charge >= 0.3 is 5.97 Å². The van der Waals surface area contributed by atoms with Gasteiger partial charge in [-0.15, -0.1) is 0 Å². The summed E-state index contributed by atoms with van der Waals surface area (Å²) in [6, 6.07) is 0. The van der Waals surface area contributed by atoms with Crippen LogP contribution in [0.3, 0.4) is 0 Å². The van der Waals surface area contributed by atoms with Gasteiger partial charge < -0.3 is 9.47 Å². The van der Waals surface area contributed by atoms with E-state index in [1.165, 1.54) is 44.9 Å². The molecule has 33 heavy (non-hydrogen) atoms. The zero-order valence-electron chi connectivity index (χ0n) is 21.5. The molecule has 5 fully saturated rings. The van der Waals surface area contributed by atoms with E-state index in [4.69, 9.17) is 9.47 Å². The van der Waals surface area contributed by atoms with Gasteiger partial charge in [0.1, 0.15) is 11.8 Å². The Labute approximate surface area is 200 Å². The van der Waals surface area contributed by atoms with Crippen molar-refractivity contribution in [2.45, 2.75) is 110 Å². The van der Waals surface area contributed by atoms with Gasteiger partial charge in [-0.2, -0.15) is 0 Å². The van der Waals surface area contributed by atoms with E-state index >= 15 is 0 Å². The van der Waals surface area contributed by atoms with Crippen LogP contribution in [0.25, 0.3) is 0 Å². The van der Waals surface area contributed by atoms with Crippen LogP contribution in [0.2, 0.25) is 0 Å². The van der Waals surface area contributed by atoms with Crippen molar-refractivity contribution in [2.24, 2.45) is 46.3 Å². The van der Waals surface area contributed by atoms with Crippen LogP contribution in [0, 0.1) is 46.3 Å². The normalized spacial score (nSPS) is 55.2. The summed E-state index contributed by atoms with van der Waals surface area (Å²) in [7, 11) is 0. The van der Waals surface area contributed by atoms with Crippen molar-refractivity contribution < 1.29 is 14.3 Å². The SMILES string of the molecule is CC(=O)O[C@H]1CC[C@@]2(C)C(=CC[C@H]3[C@H]2CC[C@]2(C)[C@@H]4[C@@H](C)[C@]5(CC[C@H](C)CN5)O[C@@H]4C[C@@H]32)C1. The van der Waals surface area contributed by atoms with Crippen molar-refractivity contribution in [1.82, 2.24) is 5.32 Å². The number of nitrogens with one attached hydrogen (secondary N) is 1. The van der Waals surface area contributed by atoms with Gasteiger partial charge in [-0.25, -0.2) is 0 Å². The largest absolute Gasteiger partial charge is 0.462 e. The van der Waals surface area contributed by atoms with Gasteiger partial charge in [-0.1, -0.05) is 39.3 Å². The molecule has 6 rings (SSSR count). The van der Waals surface area contributed by atoms with Crippen molar-refractivity contribution in [3.8, 4) is 0 Å². The number of carbonyl (C=O) groups is 1. The maximum absolute atomic E-state index is 11.5. The Morgan fingerprint density at radius 1 is 1.12 bits per heavy atom. The molecule has 2 aliphatic heterocycles. The minimum Gasteiger partial charge on any atom is -0.462 e. The molecule has 0 bridgehead atoms. The molecule has 4 aliphatic carbocycles. The molecule has 0 unspecified atom stereocenters. The Balaban J connectivity index is 1.24. The lowest BCUT2D eigenvalue weighted by atomic mass is 9.47. The third-order valence-electron chi connectivity index (χ3n) is 11.9. The summed E-state index contributed by atoms with van der Waals surface area (Å²) < 4.78 is 12.6. The lowest BCUT2D eigenvalue weighted by Crippen LogP contribution is -2.57. The highest BCUT2D eigenvalue weighted by molar-refractivity contribution is 5.66. The molecular weight excluding hydrogens is 410 g/mol. The summed E-state index contributed by atoms with van der Waals surface area (Å²) >= 11 is 0. The van der Waals surface area contributed by atoms with Gasteiger partial charge in [-0.3, -0.25) is 10.1 Å². The predicted molar refractivity (Wildman–Crippen MR) is 129 cm³/mol. The fourth-order valence-electron chi connectivity index (χ4n) is 10.2. The van der Waals surface area contributed by atoms with Gasteiger partial charge in [0.05, 0.1) is 6.10 Å². The smallest absolute Gasteiger partial charge is 0.302 e. The standard InChI is InChI=1S/C29H45NO3/c1-17-8-13-29(30-16-17)18(2)26-25(33-29)15-24-22-7-6-20-14-21(32-19(3)31)9-11-27(20,4)23(22)10-12-28(24,26)5/h6,17-18,21-26,30H,7-16H2,1-5H3/t17-,18+,21-,22-,23+,24-,25+,26+,27-,28-,29-/m0/s1. The second kappa shape index (κ2) is 7.56. The van der Waals surface area contributed by atoms with E-state index in [0.29, 0.717) is 28.8 Å². The number of esters is 1. The molecule has 0 aromatic carbocycles. The van der Waals surface area contributed by atoms with Crippen LogP contribution in [0.15, 0.2) is 11.6 Å². The van der Waals surface area contributed by atoms with Crippen molar-refractivity contribution in [2.75, 3.05) is 6.54 Å². The summed E-state index contributed by atoms with van der Waals surface area (Å²) in [4.78, 5) is 11.5. The molecular formula is C29H45NO3. The predicted octanol–water partition coefficient (Wildman–Crippen LogP) is 5.86. The van der Waals surface area contributed by atoms with Gasteiger partial charge in [0.15, 0.2) is 0 Å². The fraction of sp³-hybridized carbons (Fsp3) is 0.897. The summed E-state index contributed by atoms with van der Waals surface area (Å²) in [6.07, 6.45) is 13.9. The molecule has 0 aromatic heterocycles. The maximum Gasteiger partial charge on any atom is 0.302 e. The molecule has 184 valence electrons. The van der Waals surface area contributed by atoms with Crippen molar-refractivity contribution in [1.29, 1.82) is 0 Å². The summed E-state index contributed by atoms with van der Waals surface area (Å²) in [6.45, 7) is 12.7. The van der Waals surface area contributed by atoms with Gasteiger partial charge in [0, 0.05) is 25.8 Å². The number of piperidine rings is 1. The Hall–Kier alpha value is -0.870. The van der Waals surface area contributed by atoms with E-state index in [2.05, 4.69) is 39.1 Å². The molecule has 0 radical (unpaired) electrons. The van der Waals surface area contributed by atoms with Crippen LogP contribution in [0.5, 0.6) is 0 Å². The highest BCUT2D eigenvalue weighted by Gasteiger charge is 2.68. The first-order valence-electron chi connectivity index (χ1n) is 14.0. The maximum atomic E-state index is 11.5. The average Bonchev–Trinajstić information content (AvgIpc) is 3.21. The molecule has 4 nitrogen and oxygen atoms in total. The van der Waals surface area contributed by atoms with Crippen LogP contribution < -0.4 is 5.32 Å². The first-order valence-corrected chi connectivity index (χ1v) is 14.0. The van der Waals surface area contributed by atoms with E-state index in [0.717, 1.165) is 43.1 Å². The zero-order valence-corrected chi connectivity index (χ0v) is 21.5. The zero-order chi connectivity index (χ0) is 23.2. The minimum atomic E-state index is -0.127. The Bertz CT molecular complexity index is 844. The second-order valence-electron chi connectivity index (χ2n) is 13.4. The first-order chi connectivity index (χ1) is 15.7. The highest BCUT2D eigenvalue weighted by Crippen LogP contribution is 2.70. The first kappa shape index (κ1) is 22.6. The summed E-state index contributed by atoms with van der Waals surface area (Å²) in [5.41, 5.74) is 2.24. The van der Waals surface area contributed by atoms with Crippen LogP contribution in [-0.2, 0) is 14.3 Å². The van der Waals surface area contributed by atoms with Crippen molar-refractivity contribution >= 4 is 5.97 Å². The second-order valence-corrected chi connectivity index (χ2v) is 13.4. The number of fused-ring (bicyclic) bond motifs is 7. The monoisotopic (exact) mass is 455 g/mol. The molecule has 0 aromatic rings. The molecule has 2 heterocycles. The van der Waals surface area contributed by atoms with Gasteiger partial charge in [-0.05, 0) is 91.8 Å². The van der Waals surface area contributed by atoms with Crippen LogP contribution >= 0.6 is 0 Å². The summed E-state index contributed by atoms with van der Waals surface area (Å²) in [5.74, 6) is 4.30. The molecule has 6 aliphatic rings. The Kier molecular flexibility index (Phi) is 5.18. The quantitative estimate of drug-likeness (QED) is 0.397. The van der Waals surface area contributed by atoms with Crippen LogP contribution in [0.1, 0.15) is 92.4 Å². The average molecular weight is 456 g/mol. The Morgan fingerprint density at radius 3 is 2.67 bits per heavy atom. The molecule has 0 amide bonds. The van der Waals surface area contributed by atoms with E-state index in [1.807, 2.05) is 0 Å². The fourth-order valence-corrected chi connectivity index (χ4v) is 10.2. The van der Waals surface area contributed by atoms with Crippen LogP contribution in [0.4, 0.5) is 0 Å². The number of rotatable bonds is 1. The third-order valence-corrected chi connectivity index (χ3v) is 11.9. The topological polar surface area (TPSA) is 47.6 Å². The molecule has 1 N–H and O–H groups in total. The number of hydrogen-bond acceptors (Lipinski definition) is 4. The molecule has 1 spiro atoms. The van der Waals surface area contributed by atoms with Gasteiger partial charge in [0.25, 0.3) is 0 Å². The lowest BCUT2D eigenvalue weighted by molar-refractivity contribution is -0.148. The molecule has 4 heteroatoms. The van der Waals surface area contributed by atoms with Crippen molar-refractivity contribution in [3.63, 3.8) is 0 Å². The van der Waals surface area contributed by atoms with Gasteiger partial charge in [0.2, 0.25) is 0 Å². The summed E-state index contributed by atoms with van der Waals surface area (Å²) in [5, 5.41) is 3.88. The van der Waals surface area contributed by atoms with E-state index in [9.17, 15) is 4.79 Å². The highest BCUT2D eigenvalue weighted by atomic mass is 16.5. The number of carbonyl (C=O) groups excluding carboxylic acids is 1. The number of allylic oxidation sites excluding steroid dienone is 1. The van der Waals surface area contributed by atoms with E-state index < -0.39 is 0 Å². The van der Waals surface area contributed by atoms with E-state index in [-0.39, 0.29) is 17.8 Å². The molecule has 2 saturated heterocycles. The third kappa shape index (κ3) is 3.18. The van der Waals surface area contributed by atoms with Crippen molar-refractivity contribution in [3.05, 3.63) is 11.6 Å². The van der Waals surface area contributed by atoms with E-state index in [1.54, 1.807) is 12.5 Å². The molecule has 3 saturated carbocycles. The minimum absolute atomic E-state index is 0.0621. The Morgan fingerprint density at radius 2 is 1.94 bits per heavy atom.